The number of likely N-dealkylation sites (tertiary alicyclic amines) is 1. The third-order valence-electron chi connectivity index (χ3n) is 5.29. The average Bonchev–Trinajstić information content (AvgIpc) is 3.15. The molecule has 0 radical (unpaired) electrons. The number of rotatable bonds is 3. The molecule has 1 aliphatic rings. The fourth-order valence-corrected chi connectivity index (χ4v) is 3.59. The van der Waals surface area contributed by atoms with Crippen molar-refractivity contribution in [2.45, 2.75) is 25.0 Å². The molecule has 0 saturated carbocycles. The molecule has 2 N–H and O–H groups in total. The largest absolute Gasteiger partial charge is 0.388 e. The summed E-state index contributed by atoms with van der Waals surface area (Å²) >= 11 is 0. The summed E-state index contributed by atoms with van der Waals surface area (Å²) in [7, 11) is 1.57. The summed E-state index contributed by atoms with van der Waals surface area (Å²) in [6, 6.07) is 5.55. The van der Waals surface area contributed by atoms with Gasteiger partial charge in [-0.3, -0.25) is 9.36 Å². The van der Waals surface area contributed by atoms with Crippen LogP contribution in [0.25, 0.3) is 16.7 Å². The van der Waals surface area contributed by atoms with Crippen LogP contribution in [0.1, 0.15) is 12.8 Å². The lowest BCUT2D eigenvalue weighted by Gasteiger charge is -2.38. The fourth-order valence-electron chi connectivity index (χ4n) is 3.59. The van der Waals surface area contributed by atoms with Crippen LogP contribution in [-0.2, 0) is 6.54 Å². The molecule has 0 bridgehead atoms. The Balaban J connectivity index is 1.58. The lowest BCUT2D eigenvalue weighted by molar-refractivity contribution is -0.0264. The average molecular weight is 400 g/mol. The van der Waals surface area contributed by atoms with Crippen molar-refractivity contribution in [2.75, 3.05) is 20.1 Å². The van der Waals surface area contributed by atoms with Gasteiger partial charge >= 0.3 is 6.03 Å². The minimum atomic E-state index is -1.10. The van der Waals surface area contributed by atoms with Crippen molar-refractivity contribution in [3.8, 4) is 5.69 Å². The van der Waals surface area contributed by atoms with E-state index >= 15 is 0 Å². The predicted octanol–water partition coefficient (Wildman–Crippen LogP) is 0.888. The lowest BCUT2D eigenvalue weighted by atomic mass is 9.91. The summed E-state index contributed by atoms with van der Waals surface area (Å²) in [5.74, 6) is -0.365. The van der Waals surface area contributed by atoms with E-state index in [9.17, 15) is 19.1 Å². The van der Waals surface area contributed by atoms with Crippen LogP contribution in [0.5, 0.6) is 0 Å². The highest BCUT2D eigenvalue weighted by molar-refractivity contribution is 5.75. The first-order valence-electron chi connectivity index (χ1n) is 9.28. The zero-order valence-corrected chi connectivity index (χ0v) is 15.9. The number of halogens is 1. The molecule has 1 saturated heterocycles. The monoisotopic (exact) mass is 400 g/mol. The summed E-state index contributed by atoms with van der Waals surface area (Å²) < 4.78 is 16.0. The van der Waals surface area contributed by atoms with E-state index in [1.54, 1.807) is 24.1 Å². The number of aromatic nitrogens is 4. The number of hydrogen-bond acceptors (Lipinski definition) is 5. The van der Waals surface area contributed by atoms with Crippen LogP contribution in [0.4, 0.5) is 9.18 Å². The molecule has 10 heteroatoms. The highest BCUT2D eigenvalue weighted by atomic mass is 19.1. The van der Waals surface area contributed by atoms with Crippen molar-refractivity contribution in [3.05, 3.63) is 53.0 Å². The number of hydrogen-bond donors (Lipinski definition) is 2. The summed E-state index contributed by atoms with van der Waals surface area (Å²) in [4.78, 5) is 30.6. The maximum Gasteiger partial charge on any atom is 0.317 e. The molecule has 29 heavy (non-hydrogen) atoms. The molecule has 2 aromatic heterocycles. The topological polar surface area (TPSA) is 105 Å². The van der Waals surface area contributed by atoms with Crippen molar-refractivity contribution in [1.29, 1.82) is 0 Å². The molecule has 0 aliphatic carbocycles. The first-order chi connectivity index (χ1) is 13.9. The number of nitrogens with one attached hydrogen (secondary N) is 1. The third-order valence-corrected chi connectivity index (χ3v) is 5.29. The number of amides is 2. The summed E-state index contributed by atoms with van der Waals surface area (Å²) in [5.41, 5.74) is -0.465. The van der Waals surface area contributed by atoms with Crippen LogP contribution in [0, 0.1) is 5.82 Å². The maximum absolute atomic E-state index is 13.2. The molecule has 2 amide bonds. The van der Waals surface area contributed by atoms with Crippen LogP contribution >= 0.6 is 0 Å². The van der Waals surface area contributed by atoms with Gasteiger partial charge in [0.2, 0.25) is 0 Å². The van der Waals surface area contributed by atoms with E-state index in [1.165, 1.54) is 33.9 Å². The number of urea groups is 1. The highest BCUT2D eigenvalue weighted by Crippen LogP contribution is 2.24. The van der Waals surface area contributed by atoms with Crippen molar-refractivity contribution < 1.29 is 14.3 Å². The van der Waals surface area contributed by atoms with Crippen LogP contribution < -0.4 is 10.9 Å². The first-order valence-corrected chi connectivity index (χ1v) is 9.28. The first kappa shape index (κ1) is 19.1. The van der Waals surface area contributed by atoms with Crippen LogP contribution in [0.3, 0.4) is 0 Å². The van der Waals surface area contributed by atoms with E-state index in [2.05, 4.69) is 15.4 Å². The van der Waals surface area contributed by atoms with E-state index in [0.717, 1.165) is 0 Å². The molecule has 3 aromatic rings. The Labute approximate surface area is 165 Å². The van der Waals surface area contributed by atoms with Gasteiger partial charge < -0.3 is 15.3 Å². The molecule has 0 unspecified atom stereocenters. The van der Waals surface area contributed by atoms with Crippen molar-refractivity contribution >= 4 is 17.1 Å². The number of nitrogens with zero attached hydrogens (tertiary/aromatic N) is 5. The summed E-state index contributed by atoms with van der Waals surface area (Å²) in [6.45, 7) is 0.893. The molecule has 0 spiro atoms. The molecule has 1 aromatic carbocycles. The van der Waals surface area contributed by atoms with Gasteiger partial charge in [-0.1, -0.05) is 0 Å². The van der Waals surface area contributed by atoms with Gasteiger partial charge in [0.05, 0.1) is 24.0 Å². The highest BCUT2D eigenvalue weighted by Gasteiger charge is 2.34. The molecule has 9 nitrogen and oxygen atoms in total. The second kappa shape index (κ2) is 7.28. The minimum absolute atomic E-state index is 0.0814. The molecule has 3 heterocycles. The van der Waals surface area contributed by atoms with Crippen molar-refractivity contribution in [3.63, 3.8) is 0 Å². The summed E-state index contributed by atoms with van der Waals surface area (Å²) in [5, 5.41) is 18.0. The van der Waals surface area contributed by atoms with Gasteiger partial charge in [-0.05, 0) is 37.1 Å². The van der Waals surface area contributed by atoms with E-state index < -0.39 is 5.60 Å². The number of aliphatic hydroxyl groups is 1. The Bertz CT molecular complexity index is 1100. The standard InChI is InChI=1S/C19H21FN6O3/c1-21-18(28)24-8-6-19(29,7-9-24)11-25-12-22-16-15(17(25)27)10-23-26(16)14-4-2-13(20)3-5-14/h2-5,10,12,29H,6-9,11H2,1H3,(H,21,28). The molecule has 152 valence electrons. The SMILES string of the molecule is CNC(=O)N1CCC(O)(Cn2cnc3c(cnn3-c3ccc(F)cc3)c2=O)CC1. The van der Waals surface area contributed by atoms with Crippen molar-refractivity contribution in [1.82, 2.24) is 29.5 Å². The third kappa shape index (κ3) is 3.58. The van der Waals surface area contributed by atoms with Gasteiger partial charge in [0.15, 0.2) is 5.65 Å². The zero-order valence-electron chi connectivity index (χ0n) is 15.9. The number of fused-ring (bicyclic) bond motifs is 1. The minimum Gasteiger partial charge on any atom is -0.388 e. The smallest absolute Gasteiger partial charge is 0.317 e. The van der Waals surface area contributed by atoms with Crippen molar-refractivity contribution in [2.24, 2.45) is 0 Å². The Morgan fingerprint density at radius 2 is 1.97 bits per heavy atom. The molecule has 1 aliphatic heterocycles. The molecule has 4 rings (SSSR count). The van der Waals surface area contributed by atoms with Gasteiger partial charge in [0.25, 0.3) is 5.56 Å². The quantitative estimate of drug-likeness (QED) is 0.679. The lowest BCUT2D eigenvalue weighted by Crippen LogP contribution is -2.51. The Morgan fingerprint density at radius 3 is 2.62 bits per heavy atom. The second-order valence-corrected chi connectivity index (χ2v) is 7.21. The van der Waals surface area contributed by atoms with Crippen LogP contribution in [0.15, 0.2) is 41.6 Å². The van der Waals surface area contributed by atoms with Gasteiger partial charge in [-0.15, -0.1) is 0 Å². The molecular formula is C19H21FN6O3. The van der Waals surface area contributed by atoms with Gasteiger partial charge in [-0.2, -0.15) is 5.10 Å². The number of carbonyl (C=O) groups excluding carboxylic acids is 1. The number of carbonyl (C=O) groups is 1. The number of benzene rings is 1. The predicted molar refractivity (Wildman–Crippen MR) is 103 cm³/mol. The Hall–Kier alpha value is -3.27. The zero-order chi connectivity index (χ0) is 20.6. The fraction of sp³-hybridized carbons (Fsp3) is 0.368. The molecule has 1 fully saturated rings. The van der Waals surface area contributed by atoms with Gasteiger partial charge in [0, 0.05) is 20.1 Å². The summed E-state index contributed by atoms with van der Waals surface area (Å²) in [6.07, 6.45) is 3.53. The Kier molecular flexibility index (Phi) is 4.79. The maximum atomic E-state index is 13.2. The van der Waals surface area contributed by atoms with Gasteiger partial charge in [0.1, 0.15) is 17.5 Å². The molecule has 0 atom stereocenters. The van der Waals surface area contributed by atoms with E-state index in [1.807, 2.05) is 0 Å². The van der Waals surface area contributed by atoms with E-state index in [0.29, 0.717) is 42.7 Å². The van der Waals surface area contributed by atoms with Crippen LogP contribution in [-0.4, -0.2) is 61.1 Å². The molecular weight excluding hydrogens is 379 g/mol. The van der Waals surface area contributed by atoms with E-state index in [-0.39, 0.29) is 24.0 Å². The van der Waals surface area contributed by atoms with Crippen LogP contribution in [0.2, 0.25) is 0 Å². The Morgan fingerprint density at radius 1 is 1.28 bits per heavy atom. The number of piperidine rings is 1. The second-order valence-electron chi connectivity index (χ2n) is 7.21. The van der Waals surface area contributed by atoms with Gasteiger partial charge in [-0.25, -0.2) is 18.9 Å². The van der Waals surface area contributed by atoms with E-state index in [4.69, 9.17) is 0 Å². The normalized spacial score (nSPS) is 16.2.